The summed E-state index contributed by atoms with van der Waals surface area (Å²) >= 11 is 0. The molecule has 0 unspecified atom stereocenters. The number of benzene rings is 1. The molecule has 0 atom stereocenters. The van der Waals surface area contributed by atoms with Gasteiger partial charge in [0.25, 0.3) is 5.91 Å². The number of urea groups is 1. The molecule has 1 heterocycles. The van der Waals surface area contributed by atoms with E-state index in [1.165, 1.54) is 7.05 Å². The zero-order chi connectivity index (χ0) is 15.5. The van der Waals surface area contributed by atoms with Gasteiger partial charge < -0.3 is 20.5 Å². The molecule has 3 amide bonds. The van der Waals surface area contributed by atoms with E-state index in [0.717, 1.165) is 18.6 Å². The molecule has 0 spiro atoms. The van der Waals surface area contributed by atoms with Crippen molar-refractivity contribution in [2.75, 3.05) is 17.7 Å². The molecule has 0 aliphatic heterocycles. The lowest BCUT2D eigenvalue weighted by Crippen LogP contribution is -2.24. The van der Waals surface area contributed by atoms with Gasteiger partial charge in [0.05, 0.1) is 0 Å². The van der Waals surface area contributed by atoms with Crippen LogP contribution in [0.15, 0.2) is 34.9 Å². The molecule has 7 nitrogen and oxygen atoms in total. The third-order valence-electron chi connectivity index (χ3n) is 3.37. The lowest BCUT2D eigenvalue weighted by atomic mass is 10.2. The number of hydrogen-bond donors (Lipinski definition) is 3. The molecule has 1 aliphatic carbocycles. The Morgan fingerprint density at radius 1 is 1.14 bits per heavy atom. The molecule has 0 radical (unpaired) electrons. The van der Waals surface area contributed by atoms with Crippen LogP contribution in [0, 0.1) is 0 Å². The molecular weight excluding hydrogens is 284 g/mol. The van der Waals surface area contributed by atoms with E-state index < -0.39 is 0 Å². The Bertz CT molecular complexity index is 689. The molecule has 0 bridgehead atoms. The van der Waals surface area contributed by atoms with Gasteiger partial charge in [0, 0.05) is 30.4 Å². The third kappa shape index (κ3) is 3.25. The monoisotopic (exact) mass is 300 g/mol. The zero-order valence-corrected chi connectivity index (χ0v) is 12.1. The van der Waals surface area contributed by atoms with E-state index in [9.17, 15) is 9.59 Å². The Balaban J connectivity index is 1.61. The molecule has 3 rings (SSSR count). The van der Waals surface area contributed by atoms with Crippen molar-refractivity contribution in [1.29, 1.82) is 0 Å². The topological polar surface area (TPSA) is 96.3 Å². The maximum Gasteiger partial charge on any atom is 0.318 e. The van der Waals surface area contributed by atoms with Gasteiger partial charge in [-0.15, -0.1) is 0 Å². The first-order valence-corrected chi connectivity index (χ1v) is 7.02. The molecule has 3 N–H and O–H groups in total. The number of aromatic nitrogens is 1. The van der Waals surface area contributed by atoms with Gasteiger partial charge in [-0.3, -0.25) is 4.79 Å². The summed E-state index contributed by atoms with van der Waals surface area (Å²) in [6.45, 7) is 0. The van der Waals surface area contributed by atoms with Gasteiger partial charge in [-0.1, -0.05) is 5.16 Å². The van der Waals surface area contributed by atoms with Crippen molar-refractivity contribution < 1.29 is 14.1 Å². The smallest absolute Gasteiger partial charge is 0.318 e. The van der Waals surface area contributed by atoms with Crippen LogP contribution < -0.4 is 16.0 Å². The van der Waals surface area contributed by atoms with Crippen LogP contribution in [-0.2, 0) is 0 Å². The minimum absolute atomic E-state index is 0.273. The Morgan fingerprint density at radius 3 is 2.36 bits per heavy atom. The molecule has 7 heteroatoms. The molecule has 114 valence electrons. The molecule has 1 fully saturated rings. The van der Waals surface area contributed by atoms with Gasteiger partial charge in [0.1, 0.15) is 5.76 Å². The van der Waals surface area contributed by atoms with E-state index in [0.29, 0.717) is 17.3 Å². The fraction of sp³-hybridized carbons (Fsp3) is 0.267. The summed E-state index contributed by atoms with van der Waals surface area (Å²) in [6.07, 6.45) is 2.19. The first-order chi connectivity index (χ1) is 10.7. The minimum Gasteiger partial charge on any atom is -0.360 e. The summed E-state index contributed by atoms with van der Waals surface area (Å²) in [5.41, 5.74) is 1.52. The zero-order valence-electron chi connectivity index (χ0n) is 12.1. The van der Waals surface area contributed by atoms with E-state index in [2.05, 4.69) is 21.1 Å². The number of hydrogen-bond acceptors (Lipinski definition) is 4. The standard InChI is InChI=1S/C15H16N4O3/c1-16-15(21)18-11-6-4-10(5-7-11)17-14(20)12-8-13(22-19-12)9-2-3-9/h4-9H,2-3H2,1H3,(H,17,20)(H2,16,18,21). The molecule has 22 heavy (non-hydrogen) atoms. The van der Waals surface area contributed by atoms with E-state index in [1.54, 1.807) is 30.3 Å². The molecule has 1 saturated carbocycles. The Kier molecular flexibility index (Phi) is 3.78. The van der Waals surface area contributed by atoms with Gasteiger partial charge in [-0.05, 0) is 37.1 Å². The second-order valence-corrected chi connectivity index (χ2v) is 5.12. The lowest BCUT2D eigenvalue weighted by molar-refractivity contribution is 0.101. The predicted molar refractivity (Wildman–Crippen MR) is 81.0 cm³/mol. The first kappa shape index (κ1) is 14.1. The van der Waals surface area contributed by atoms with Crippen molar-refractivity contribution in [1.82, 2.24) is 10.5 Å². The number of nitrogens with one attached hydrogen (secondary N) is 3. The van der Waals surface area contributed by atoms with E-state index in [-0.39, 0.29) is 17.6 Å². The summed E-state index contributed by atoms with van der Waals surface area (Å²) in [4.78, 5) is 23.2. The molecule has 1 aromatic carbocycles. The van der Waals surface area contributed by atoms with Crippen LogP contribution in [0.2, 0.25) is 0 Å². The highest BCUT2D eigenvalue weighted by Gasteiger charge is 2.28. The van der Waals surface area contributed by atoms with Crippen molar-refractivity contribution in [3.8, 4) is 0 Å². The van der Waals surface area contributed by atoms with Crippen molar-refractivity contribution in [3.05, 3.63) is 41.8 Å². The first-order valence-electron chi connectivity index (χ1n) is 7.02. The number of rotatable bonds is 4. The lowest BCUT2D eigenvalue weighted by Gasteiger charge is -2.06. The average Bonchev–Trinajstić information content (AvgIpc) is 3.26. The summed E-state index contributed by atoms with van der Waals surface area (Å²) < 4.78 is 5.16. The highest BCUT2D eigenvalue weighted by molar-refractivity contribution is 6.03. The van der Waals surface area contributed by atoms with E-state index in [4.69, 9.17) is 4.52 Å². The average molecular weight is 300 g/mol. The van der Waals surface area contributed by atoms with Crippen molar-refractivity contribution >= 4 is 23.3 Å². The van der Waals surface area contributed by atoms with E-state index in [1.807, 2.05) is 0 Å². The van der Waals surface area contributed by atoms with Crippen molar-refractivity contribution in [2.24, 2.45) is 0 Å². The summed E-state index contributed by atoms with van der Waals surface area (Å²) in [7, 11) is 1.54. The number of amides is 3. The van der Waals surface area contributed by atoms with Crippen LogP contribution in [0.25, 0.3) is 0 Å². The summed E-state index contributed by atoms with van der Waals surface area (Å²) in [5, 5.41) is 11.6. The SMILES string of the molecule is CNC(=O)Nc1ccc(NC(=O)c2cc(C3CC3)on2)cc1. The van der Waals surface area contributed by atoms with Gasteiger partial charge in [0.15, 0.2) is 5.69 Å². The third-order valence-corrected chi connectivity index (χ3v) is 3.37. The number of carbonyl (C=O) groups excluding carboxylic acids is 2. The second-order valence-electron chi connectivity index (χ2n) is 5.12. The molecular formula is C15H16N4O3. The van der Waals surface area contributed by atoms with Crippen LogP contribution in [0.1, 0.15) is 35.0 Å². The van der Waals surface area contributed by atoms with Gasteiger partial charge in [-0.25, -0.2) is 4.79 Å². The Morgan fingerprint density at radius 2 is 1.77 bits per heavy atom. The molecule has 0 saturated heterocycles. The van der Waals surface area contributed by atoms with Crippen LogP contribution in [0.4, 0.5) is 16.2 Å². The van der Waals surface area contributed by atoms with Crippen LogP contribution >= 0.6 is 0 Å². The summed E-state index contributed by atoms with van der Waals surface area (Å²) in [6, 6.07) is 8.18. The maximum atomic E-state index is 12.1. The Labute approximate surface area is 127 Å². The van der Waals surface area contributed by atoms with E-state index >= 15 is 0 Å². The fourth-order valence-electron chi connectivity index (χ4n) is 1.98. The molecule has 1 aromatic heterocycles. The van der Waals surface area contributed by atoms with Crippen LogP contribution in [0.3, 0.4) is 0 Å². The van der Waals surface area contributed by atoms with Gasteiger partial charge in [-0.2, -0.15) is 0 Å². The quantitative estimate of drug-likeness (QED) is 0.808. The number of carbonyl (C=O) groups is 2. The summed E-state index contributed by atoms with van der Waals surface area (Å²) in [5.74, 6) is 0.877. The highest BCUT2D eigenvalue weighted by Crippen LogP contribution is 2.40. The second kappa shape index (κ2) is 5.88. The molecule has 1 aliphatic rings. The predicted octanol–water partition coefficient (Wildman–Crippen LogP) is 2.56. The largest absolute Gasteiger partial charge is 0.360 e. The van der Waals surface area contributed by atoms with Crippen molar-refractivity contribution in [2.45, 2.75) is 18.8 Å². The van der Waals surface area contributed by atoms with Crippen LogP contribution in [0.5, 0.6) is 0 Å². The van der Waals surface area contributed by atoms with Gasteiger partial charge in [0.2, 0.25) is 0 Å². The van der Waals surface area contributed by atoms with Crippen LogP contribution in [-0.4, -0.2) is 24.1 Å². The fourth-order valence-corrected chi connectivity index (χ4v) is 1.98. The highest BCUT2D eigenvalue weighted by atomic mass is 16.5. The maximum absolute atomic E-state index is 12.1. The van der Waals surface area contributed by atoms with Crippen molar-refractivity contribution in [3.63, 3.8) is 0 Å². The molecule has 2 aromatic rings. The van der Waals surface area contributed by atoms with Gasteiger partial charge >= 0.3 is 6.03 Å². The normalized spacial score (nSPS) is 13.5. The Hall–Kier alpha value is -2.83. The number of nitrogens with zero attached hydrogens (tertiary/aromatic N) is 1. The minimum atomic E-state index is -0.317. The number of anilines is 2.